The number of benzene rings is 2. The predicted octanol–water partition coefficient (Wildman–Crippen LogP) is 2.09. The van der Waals surface area contributed by atoms with Gasteiger partial charge in [0, 0.05) is 6.07 Å². The molecule has 0 spiro atoms. The third-order valence-corrected chi connectivity index (χ3v) is 3.75. The van der Waals surface area contributed by atoms with E-state index in [1.165, 1.54) is 28.4 Å². The average molecular weight is 374 g/mol. The van der Waals surface area contributed by atoms with Crippen molar-refractivity contribution in [2.24, 2.45) is 0 Å². The van der Waals surface area contributed by atoms with Crippen LogP contribution in [0.15, 0.2) is 36.4 Å². The molecule has 2 aromatic rings. The average Bonchev–Trinajstić information content (AvgIpc) is 2.71. The molecular weight excluding hydrogens is 352 g/mol. The number of amides is 2. The number of carbonyl (C=O) groups is 2. The second kappa shape index (κ2) is 9.33. The van der Waals surface area contributed by atoms with Gasteiger partial charge in [0.2, 0.25) is 5.91 Å². The van der Waals surface area contributed by atoms with Gasteiger partial charge in [-0.25, -0.2) is 0 Å². The molecule has 0 aliphatic carbocycles. The van der Waals surface area contributed by atoms with Gasteiger partial charge in [-0.3, -0.25) is 9.59 Å². The van der Waals surface area contributed by atoms with Gasteiger partial charge in [0.05, 0.1) is 40.7 Å². The van der Waals surface area contributed by atoms with E-state index in [0.29, 0.717) is 28.7 Å². The fraction of sp³-hybridized carbons (Fsp3) is 0.263. The van der Waals surface area contributed by atoms with Gasteiger partial charge >= 0.3 is 0 Å². The van der Waals surface area contributed by atoms with E-state index >= 15 is 0 Å². The SMILES string of the molecule is COc1ccc(OC)c(NC(=O)CNC(=O)c2c(OC)cccc2OC)c1. The number of ether oxygens (including phenoxy) is 4. The summed E-state index contributed by atoms with van der Waals surface area (Å²) in [6.07, 6.45) is 0. The highest BCUT2D eigenvalue weighted by atomic mass is 16.5. The van der Waals surface area contributed by atoms with Crippen molar-refractivity contribution in [2.75, 3.05) is 40.3 Å². The molecule has 0 fully saturated rings. The van der Waals surface area contributed by atoms with Crippen molar-refractivity contribution in [2.45, 2.75) is 0 Å². The molecule has 144 valence electrons. The quantitative estimate of drug-likeness (QED) is 0.735. The molecule has 0 bridgehead atoms. The normalized spacial score (nSPS) is 9.93. The third-order valence-electron chi connectivity index (χ3n) is 3.75. The Morgan fingerprint density at radius 3 is 2.04 bits per heavy atom. The fourth-order valence-electron chi connectivity index (χ4n) is 2.43. The molecule has 0 saturated heterocycles. The molecule has 2 rings (SSSR count). The van der Waals surface area contributed by atoms with E-state index in [-0.39, 0.29) is 12.1 Å². The first-order valence-electron chi connectivity index (χ1n) is 8.05. The maximum Gasteiger partial charge on any atom is 0.259 e. The minimum absolute atomic E-state index is 0.217. The lowest BCUT2D eigenvalue weighted by molar-refractivity contribution is -0.115. The molecule has 0 saturated carbocycles. The van der Waals surface area contributed by atoms with Crippen molar-refractivity contribution in [3.8, 4) is 23.0 Å². The molecule has 0 atom stereocenters. The van der Waals surface area contributed by atoms with Crippen LogP contribution in [-0.2, 0) is 4.79 Å². The van der Waals surface area contributed by atoms with Crippen LogP contribution in [-0.4, -0.2) is 46.8 Å². The monoisotopic (exact) mass is 374 g/mol. The number of carbonyl (C=O) groups excluding carboxylic acids is 2. The summed E-state index contributed by atoms with van der Waals surface area (Å²) >= 11 is 0. The zero-order chi connectivity index (χ0) is 19.8. The number of hydrogen-bond acceptors (Lipinski definition) is 6. The lowest BCUT2D eigenvalue weighted by Gasteiger charge is -2.14. The molecule has 2 N–H and O–H groups in total. The Morgan fingerprint density at radius 2 is 1.48 bits per heavy atom. The van der Waals surface area contributed by atoms with Crippen molar-refractivity contribution in [3.05, 3.63) is 42.0 Å². The molecule has 0 heterocycles. The van der Waals surface area contributed by atoms with E-state index in [0.717, 1.165) is 0 Å². The van der Waals surface area contributed by atoms with Crippen LogP contribution >= 0.6 is 0 Å². The highest BCUT2D eigenvalue weighted by Crippen LogP contribution is 2.29. The summed E-state index contributed by atoms with van der Waals surface area (Å²) in [4.78, 5) is 24.7. The second-order valence-corrected chi connectivity index (χ2v) is 5.33. The predicted molar refractivity (Wildman–Crippen MR) is 100 cm³/mol. The zero-order valence-electron chi connectivity index (χ0n) is 15.6. The van der Waals surface area contributed by atoms with Crippen molar-refractivity contribution >= 4 is 17.5 Å². The first-order valence-corrected chi connectivity index (χ1v) is 8.05. The van der Waals surface area contributed by atoms with Crippen LogP contribution in [0.5, 0.6) is 23.0 Å². The first-order chi connectivity index (χ1) is 13.0. The Morgan fingerprint density at radius 1 is 0.852 bits per heavy atom. The van der Waals surface area contributed by atoms with Gasteiger partial charge in [-0.05, 0) is 24.3 Å². The highest BCUT2D eigenvalue weighted by Gasteiger charge is 2.19. The third kappa shape index (κ3) is 4.81. The number of methoxy groups -OCH3 is 4. The van der Waals surface area contributed by atoms with Crippen molar-refractivity contribution in [1.82, 2.24) is 5.32 Å². The lowest BCUT2D eigenvalue weighted by atomic mass is 10.1. The standard InChI is InChI=1S/C19H22N2O6/c1-24-12-8-9-14(25-2)13(10-12)21-17(22)11-20-19(23)18-15(26-3)6-5-7-16(18)27-4/h5-10H,11H2,1-4H3,(H,20,23)(H,21,22). The lowest BCUT2D eigenvalue weighted by Crippen LogP contribution is -2.33. The summed E-state index contributed by atoms with van der Waals surface area (Å²) in [5.74, 6) is 0.819. The van der Waals surface area contributed by atoms with Crippen molar-refractivity contribution < 1.29 is 28.5 Å². The molecule has 27 heavy (non-hydrogen) atoms. The van der Waals surface area contributed by atoms with Gasteiger partial charge in [-0.1, -0.05) is 6.07 Å². The Balaban J connectivity index is 2.07. The van der Waals surface area contributed by atoms with Crippen LogP contribution in [0.2, 0.25) is 0 Å². The fourth-order valence-corrected chi connectivity index (χ4v) is 2.43. The molecule has 0 radical (unpaired) electrons. The zero-order valence-corrected chi connectivity index (χ0v) is 15.6. The smallest absolute Gasteiger partial charge is 0.259 e. The summed E-state index contributed by atoms with van der Waals surface area (Å²) in [5.41, 5.74) is 0.653. The minimum atomic E-state index is -0.489. The van der Waals surface area contributed by atoms with Crippen LogP contribution in [0.3, 0.4) is 0 Å². The maximum atomic E-state index is 12.5. The molecule has 0 aliphatic heterocycles. The Hall–Kier alpha value is -3.42. The van der Waals surface area contributed by atoms with Gasteiger partial charge in [0.1, 0.15) is 28.6 Å². The van der Waals surface area contributed by atoms with Crippen molar-refractivity contribution in [3.63, 3.8) is 0 Å². The molecule has 8 nitrogen and oxygen atoms in total. The number of rotatable bonds is 8. The Labute approximate surface area is 157 Å². The summed E-state index contributed by atoms with van der Waals surface area (Å²) < 4.78 is 20.7. The van der Waals surface area contributed by atoms with Crippen LogP contribution in [0.25, 0.3) is 0 Å². The van der Waals surface area contributed by atoms with Crippen molar-refractivity contribution in [1.29, 1.82) is 0 Å². The largest absolute Gasteiger partial charge is 0.497 e. The van der Waals surface area contributed by atoms with E-state index < -0.39 is 11.8 Å². The molecular formula is C19H22N2O6. The van der Waals surface area contributed by atoms with E-state index in [4.69, 9.17) is 18.9 Å². The van der Waals surface area contributed by atoms with Gasteiger partial charge in [-0.15, -0.1) is 0 Å². The van der Waals surface area contributed by atoms with Gasteiger partial charge in [-0.2, -0.15) is 0 Å². The topological polar surface area (TPSA) is 95.1 Å². The van der Waals surface area contributed by atoms with Gasteiger partial charge in [0.15, 0.2) is 0 Å². The van der Waals surface area contributed by atoms with Crippen LogP contribution < -0.4 is 29.6 Å². The Kier molecular flexibility index (Phi) is 6.87. The molecule has 8 heteroatoms. The van der Waals surface area contributed by atoms with Gasteiger partial charge in [0.25, 0.3) is 5.91 Å². The first kappa shape index (κ1) is 19.9. The summed E-state index contributed by atoms with van der Waals surface area (Å²) in [6, 6.07) is 9.99. The maximum absolute atomic E-state index is 12.5. The van der Waals surface area contributed by atoms with E-state index in [1.807, 2.05) is 0 Å². The molecule has 0 aliphatic rings. The van der Waals surface area contributed by atoms with Crippen LogP contribution in [0.1, 0.15) is 10.4 Å². The highest BCUT2D eigenvalue weighted by molar-refractivity contribution is 6.03. The molecule has 2 amide bonds. The molecule has 0 aromatic heterocycles. The van der Waals surface area contributed by atoms with Gasteiger partial charge < -0.3 is 29.6 Å². The summed E-state index contributed by atoms with van der Waals surface area (Å²) in [7, 11) is 5.92. The summed E-state index contributed by atoms with van der Waals surface area (Å²) in [6.45, 7) is -0.250. The van der Waals surface area contributed by atoms with Crippen LogP contribution in [0.4, 0.5) is 5.69 Å². The second-order valence-electron chi connectivity index (χ2n) is 5.33. The molecule has 0 unspecified atom stereocenters. The summed E-state index contributed by atoms with van der Waals surface area (Å²) in [5, 5.41) is 5.23. The number of anilines is 1. The van der Waals surface area contributed by atoms with E-state index in [1.54, 1.807) is 36.4 Å². The van der Waals surface area contributed by atoms with Crippen LogP contribution in [0, 0.1) is 0 Å². The number of hydrogen-bond donors (Lipinski definition) is 2. The van der Waals surface area contributed by atoms with E-state index in [9.17, 15) is 9.59 Å². The minimum Gasteiger partial charge on any atom is -0.497 e. The molecule has 2 aromatic carbocycles. The Bertz CT molecular complexity index is 800. The number of nitrogens with one attached hydrogen (secondary N) is 2. The van der Waals surface area contributed by atoms with E-state index in [2.05, 4.69) is 10.6 Å².